The fourth-order valence-corrected chi connectivity index (χ4v) is 7.34. The first-order valence-electron chi connectivity index (χ1n) is 14.8. The lowest BCUT2D eigenvalue weighted by Gasteiger charge is -2.30. The molecule has 4 heterocycles. The highest BCUT2D eigenvalue weighted by Crippen LogP contribution is 2.37. The van der Waals surface area contributed by atoms with Gasteiger partial charge in [0.2, 0.25) is 0 Å². The number of likely N-dealkylation sites (tertiary alicyclic amines) is 1. The van der Waals surface area contributed by atoms with Crippen LogP contribution in [-0.4, -0.2) is 64.7 Å². The van der Waals surface area contributed by atoms with Crippen LogP contribution in [-0.2, 0) is 12.8 Å². The molecule has 0 bridgehead atoms. The van der Waals surface area contributed by atoms with Crippen LogP contribution >= 0.6 is 11.3 Å². The standard InChI is InChI=1S/C32H38N4O4S/c1-20-19-41-31(34-20)27-12-6-14-36(27)32(39)22-17-24(23-10-7-15-40-28(23)18-22)30(38)35-26(16-21-8-3-2-4-9-21)29(37)25-11-5-13-33-25/h2-4,8-9,17-19,25-27,29,33,37H,5-7,10-16H2,1H3,(H,35,38)/t25-,26-,27-,29-/m1/s1. The van der Waals surface area contributed by atoms with Crippen LogP contribution in [0.4, 0.5) is 0 Å². The first-order chi connectivity index (χ1) is 20.0. The molecule has 9 heteroatoms. The third-order valence-electron chi connectivity index (χ3n) is 8.50. The maximum Gasteiger partial charge on any atom is 0.254 e. The second kappa shape index (κ2) is 12.3. The van der Waals surface area contributed by atoms with Gasteiger partial charge in [-0.05, 0) is 76.1 Å². The average Bonchev–Trinajstić information content (AvgIpc) is 3.78. The molecule has 41 heavy (non-hydrogen) atoms. The Hall–Kier alpha value is -3.27. The van der Waals surface area contributed by atoms with E-state index in [1.54, 1.807) is 23.5 Å². The number of hydrogen-bond acceptors (Lipinski definition) is 7. The smallest absolute Gasteiger partial charge is 0.254 e. The first kappa shape index (κ1) is 27.9. The third-order valence-corrected chi connectivity index (χ3v) is 9.57. The van der Waals surface area contributed by atoms with Crippen LogP contribution < -0.4 is 15.4 Å². The Bertz CT molecular complexity index is 1390. The highest BCUT2D eigenvalue weighted by Gasteiger charge is 2.35. The van der Waals surface area contributed by atoms with Crippen molar-refractivity contribution in [2.75, 3.05) is 19.7 Å². The molecule has 0 radical (unpaired) electrons. The van der Waals surface area contributed by atoms with E-state index in [0.717, 1.165) is 60.5 Å². The minimum absolute atomic E-state index is 0.0558. The number of amides is 2. The molecule has 0 aliphatic carbocycles. The molecule has 3 aliphatic heterocycles. The van der Waals surface area contributed by atoms with E-state index in [4.69, 9.17) is 4.74 Å². The van der Waals surface area contributed by atoms with Crippen molar-refractivity contribution in [3.63, 3.8) is 0 Å². The number of aromatic nitrogens is 1. The van der Waals surface area contributed by atoms with Gasteiger partial charge in [0.25, 0.3) is 11.8 Å². The summed E-state index contributed by atoms with van der Waals surface area (Å²) in [5.74, 6) is 0.209. The quantitative estimate of drug-likeness (QED) is 0.373. The lowest BCUT2D eigenvalue weighted by atomic mass is 9.93. The molecular formula is C32H38N4O4S. The Morgan fingerprint density at radius 1 is 1.20 bits per heavy atom. The van der Waals surface area contributed by atoms with Gasteiger partial charge in [0.1, 0.15) is 10.8 Å². The number of nitrogens with zero attached hydrogens (tertiary/aromatic N) is 2. The minimum Gasteiger partial charge on any atom is -0.493 e. The van der Waals surface area contributed by atoms with Crippen molar-refractivity contribution < 1.29 is 19.4 Å². The monoisotopic (exact) mass is 574 g/mol. The number of aliphatic hydroxyl groups excluding tert-OH is 1. The van der Waals surface area contributed by atoms with Crippen molar-refractivity contribution >= 4 is 23.2 Å². The zero-order valence-corrected chi connectivity index (χ0v) is 24.3. The zero-order valence-electron chi connectivity index (χ0n) is 23.5. The summed E-state index contributed by atoms with van der Waals surface area (Å²) in [6.45, 7) is 4.04. The predicted octanol–water partition coefficient (Wildman–Crippen LogP) is 4.21. The second-order valence-electron chi connectivity index (χ2n) is 11.4. The number of aryl methyl sites for hydroxylation is 1. The van der Waals surface area contributed by atoms with Crippen LogP contribution in [0.3, 0.4) is 0 Å². The number of hydrogen-bond donors (Lipinski definition) is 3. The van der Waals surface area contributed by atoms with E-state index in [1.165, 1.54) is 0 Å². The fraction of sp³-hybridized carbons (Fsp3) is 0.469. The van der Waals surface area contributed by atoms with E-state index in [-0.39, 0.29) is 23.9 Å². The largest absolute Gasteiger partial charge is 0.493 e. The zero-order chi connectivity index (χ0) is 28.3. The van der Waals surface area contributed by atoms with Crippen LogP contribution in [0.15, 0.2) is 47.8 Å². The van der Waals surface area contributed by atoms with Crippen molar-refractivity contribution in [2.45, 2.75) is 76.1 Å². The van der Waals surface area contributed by atoms with Gasteiger partial charge in [0.05, 0.1) is 24.8 Å². The summed E-state index contributed by atoms with van der Waals surface area (Å²) in [5, 5.41) is 20.9. The van der Waals surface area contributed by atoms with Gasteiger partial charge in [-0.25, -0.2) is 4.98 Å². The summed E-state index contributed by atoms with van der Waals surface area (Å²) in [6.07, 6.45) is 4.93. The number of thiazole rings is 1. The topological polar surface area (TPSA) is 104 Å². The Morgan fingerprint density at radius 3 is 2.80 bits per heavy atom. The highest BCUT2D eigenvalue weighted by molar-refractivity contribution is 7.09. The molecule has 2 fully saturated rings. The molecule has 2 saturated heterocycles. The minimum atomic E-state index is -0.745. The lowest BCUT2D eigenvalue weighted by Crippen LogP contribution is -2.52. The second-order valence-corrected chi connectivity index (χ2v) is 12.3. The van der Waals surface area contributed by atoms with E-state index in [0.29, 0.717) is 42.9 Å². The SMILES string of the molecule is Cc1csc([C@H]2CCCN2C(=O)c2cc3c(c(C(=O)N[C@H](Cc4ccccc4)[C@H](O)[C@H]4CCCN4)c2)CCCO3)n1. The van der Waals surface area contributed by atoms with Crippen LogP contribution in [0.2, 0.25) is 0 Å². The molecule has 8 nitrogen and oxygen atoms in total. The van der Waals surface area contributed by atoms with Crippen LogP contribution in [0.1, 0.15) is 80.7 Å². The number of carbonyl (C=O) groups excluding carboxylic acids is 2. The van der Waals surface area contributed by atoms with E-state index in [9.17, 15) is 14.7 Å². The molecule has 4 atom stereocenters. The van der Waals surface area contributed by atoms with E-state index in [1.807, 2.05) is 47.5 Å². The molecule has 3 aliphatic rings. The third kappa shape index (κ3) is 6.03. The van der Waals surface area contributed by atoms with Gasteiger partial charge in [0, 0.05) is 40.4 Å². The number of nitrogens with one attached hydrogen (secondary N) is 2. The molecule has 3 aromatic rings. The molecule has 0 spiro atoms. The molecule has 6 rings (SSSR count). The molecule has 1 aromatic heterocycles. The van der Waals surface area contributed by atoms with E-state index < -0.39 is 12.1 Å². The first-order valence-corrected chi connectivity index (χ1v) is 15.6. The van der Waals surface area contributed by atoms with E-state index in [2.05, 4.69) is 15.6 Å². The van der Waals surface area contributed by atoms with Crippen molar-refractivity contribution in [2.24, 2.45) is 0 Å². The Kier molecular flexibility index (Phi) is 8.37. The Balaban J connectivity index is 1.29. The number of fused-ring (bicyclic) bond motifs is 1. The summed E-state index contributed by atoms with van der Waals surface area (Å²) in [5.41, 5.74) is 3.74. The maximum atomic E-state index is 14.0. The summed E-state index contributed by atoms with van der Waals surface area (Å²) >= 11 is 1.59. The van der Waals surface area contributed by atoms with Gasteiger partial charge in [-0.15, -0.1) is 11.3 Å². The summed E-state index contributed by atoms with van der Waals surface area (Å²) in [4.78, 5) is 34.4. The van der Waals surface area contributed by atoms with Crippen molar-refractivity contribution in [3.05, 3.63) is 80.8 Å². The predicted molar refractivity (Wildman–Crippen MR) is 159 cm³/mol. The van der Waals surface area contributed by atoms with E-state index >= 15 is 0 Å². The normalized spacial score (nSPS) is 21.7. The molecule has 2 aromatic carbocycles. The van der Waals surface area contributed by atoms with Crippen LogP contribution in [0.5, 0.6) is 5.75 Å². The maximum absolute atomic E-state index is 14.0. The molecule has 0 saturated carbocycles. The van der Waals surface area contributed by atoms with Gasteiger partial charge < -0.3 is 25.4 Å². The van der Waals surface area contributed by atoms with Crippen LogP contribution in [0, 0.1) is 6.92 Å². The number of aliphatic hydroxyl groups is 1. The summed E-state index contributed by atoms with van der Waals surface area (Å²) in [6, 6.07) is 12.8. The molecule has 0 unspecified atom stereocenters. The molecule has 216 valence electrons. The molecular weight excluding hydrogens is 536 g/mol. The van der Waals surface area contributed by atoms with Gasteiger partial charge in [0.15, 0.2) is 0 Å². The van der Waals surface area contributed by atoms with Gasteiger partial charge in [-0.1, -0.05) is 30.3 Å². The van der Waals surface area contributed by atoms with Crippen molar-refractivity contribution in [1.82, 2.24) is 20.5 Å². The summed E-state index contributed by atoms with van der Waals surface area (Å²) < 4.78 is 5.99. The molecule has 3 N–H and O–H groups in total. The summed E-state index contributed by atoms with van der Waals surface area (Å²) in [7, 11) is 0. The average molecular weight is 575 g/mol. The highest BCUT2D eigenvalue weighted by atomic mass is 32.1. The number of rotatable bonds is 8. The number of benzene rings is 2. The van der Waals surface area contributed by atoms with Gasteiger partial charge >= 0.3 is 0 Å². The number of carbonyl (C=O) groups is 2. The Labute approximate surface area is 245 Å². The van der Waals surface area contributed by atoms with Crippen LogP contribution in [0.25, 0.3) is 0 Å². The lowest BCUT2D eigenvalue weighted by molar-refractivity contribution is 0.0731. The fourth-order valence-electron chi connectivity index (χ4n) is 6.40. The Morgan fingerprint density at radius 2 is 2.05 bits per heavy atom. The van der Waals surface area contributed by atoms with Gasteiger partial charge in [-0.3, -0.25) is 9.59 Å². The van der Waals surface area contributed by atoms with Crippen molar-refractivity contribution in [1.29, 1.82) is 0 Å². The molecule has 2 amide bonds. The number of ether oxygens (including phenoxy) is 1. The van der Waals surface area contributed by atoms with Gasteiger partial charge in [-0.2, -0.15) is 0 Å². The van der Waals surface area contributed by atoms with Crippen molar-refractivity contribution in [3.8, 4) is 5.75 Å².